The summed E-state index contributed by atoms with van der Waals surface area (Å²) in [6.07, 6.45) is 0. The van der Waals surface area contributed by atoms with Crippen LogP contribution in [0.1, 0.15) is 23.0 Å². The minimum atomic E-state index is -0.326. The van der Waals surface area contributed by atoms with Crippen molar-refractivity contribution in [3.63, 3.8) is 0 Å². The Bertz CT molecular complexity index is 1020. The predicted octanol–water partition coefficient (Wildman–Crippen LogP) is 3.31. The molecule has 0 unspecified atom stereocenters. The summed E-state index contributed by atoms with van der Waals surface area (Å²) in [5.74, 6) is 0.192. The van der Waals surface area contributed by atoms with Gasteiger partial charge in [0.15, 0.2) is 4.34 Å². The zero-order valence-electron chi connectivity index (χ0n) is 15.5. The molecular weight excluding hydrogens is 400 g/mol. The molecule has 0 aliphatic rings. The molecular formula is C18H18N4O4S2. The van der Waals surface area contributed by atoms with E-state index in [-0.39, 0.29) is 17.6 Å². The average molecular weight is 419 g/mol. The largest absolute Gasteiger partial charge is 0.497 e. The molecule has 0 radical (unpaired) electrons. The lowest BCUT2D eigenvalue weighted by molar-refractivity contribution is -0.139. The molecule has 0 spiro atoms. The first-order valence-electron chi connectivity index (χ1n) is 8.38. The van der Waals surface area contributed by atoms with Crippen molar-refractivity contribution >= 4 is 51.0 Å². The monoisotopic (exact) mass is 418 g/mol. The number of aryl methyl sites for hydroxylation is 1. The Hall–Kier alpha value is -2.72. The molecule has 0 aliphatic heterocycles. The van der Waals surface area contributed by atoms with Crippen molar-refractivity contribution in [3.8, 4) is 5.75 Å². The van der Waals surface area contributed by atoms with Crippen LogP contribution in [0.15, 0.2) is 28.6 Å². The van der Waals surface area contributed by atoms with Crippen LogP contribution in [-0.4, -0.2) is 46.5 Å². The third-order valence-corrected chi connectivity index (χ3v) is 5.65. The van der Waals surface area contributed by atoms with E-state index < -0.39 is 0 Å². The van der Waals surface area contributed by atoms with E-state index in [1.54, 1.807) is 27.0 Å². The highest BCUT2D eigenvalue weighted by molar-refractivity contribution is 8.01. The van der Waals surface area contributed by atoms with Crippen molar-refractivity contribution < 1.29 is 19.1 Å². The van der Waals surface area contributed by atoms with E-state index in [1.165, 1.54) is 23.1 Å². The van der Waals surface area contributed by atoms with Crippen LogP contribution in [0.5, 0.6) is 5.75 Å². The van der Waals surface area contributed by atoms with Gasteiger partial charge in [0.2, 0.25) is 5.13 Å². The lowest BCUT2D eigenvalue weighted by Gasteiger charge is -2.08. The number of carbonyl (C=O) groups excluding carboxylic acids is 2. The molecule has 0 saturated carbocycles. The second kappa shape index (κ2) is 8.98. The third kappa shape index (κ3) is 4.76. The zero-order chi connectivity index (χ0) is 20.1. The Morgan fingerprint density at radius 3 is 2.82 bits per heavy atom. The zero-order valence-corrected chi connectivity index (χ0v) is 17.1. The summed E-state index contributed by atoms with van der Waals surface area (Å²) in [5.41, 5.74) is 1.83. The van der Waals surface area contributed by atoms with Crippen LogP contribution in [0.25, 0.3) is 10.9 Å². The second-order valence-corrected chi connectivity index (χ2v) is 7.80. The number of anilines is 1. The number of aromatic nitrogens is 3. The molecule has 1 aromatic carbocycles. The number of fused-ring (bicyclic) bond motifs is 1. The van der Waals surface area contributed by atoms with Gasteiger partial charge in [-0.1, -0.05) is 23.1 Å². The Balaban J connectivity index is 1.72. The summed E-state index contributed by atoms with van der Waals surface area (Å²) in [7, 11) is 1.59. The van der Waals surface area contributed by atoms with E-state index in [1.807, 2.05) is 18.2 Å². The van der Waals surface area contributed by atoms with Crippen molar-refractivity contribution in [2.24, 2.45) is 0 Å². The van der Waals surface area contributed by atoms with E-state index in [2.05, 4.69) is 20.5 Å². The first-order chi connectivity index (χ1) is 13.5. The number of methoxy groups -OCH3 is 1. The molecule has 0 fully saturated rings. The van der Waals surface area contributed by atoms with Gasteiger partial charge in [-0.3, -0.25) is 19.9 Å². The number of thioether (sulfide) groups is 1. The SMILES string of the molecule is CCOC(=O)CSc1nnc(NC(=O)c2cc3cc(OC)ccc3nc2C)s1. The number of pyridine rings is 1. The smallest absolute Gasteiger partial charge is 0.316 e. The summed E-state index contributed by atoms with van der Waals surface area (Å²) < 4.78 is 10.7. The highest BCUT2D eigenvalue weighted by Gasteiger charge is 2.15. The van der Waals surface area contributed by atoms with Crippen molar-refractivity contribution in [2.45, 2.75) is 18.2 Å². The quantitative estimate of drug-likeness (QED) is 0.354. The molecule has 1 N–H and O–H groups in total. The maximum atomic E-state index is 12.7. The Morgan fingerprint density at radius 2 is 2.07 bits per heavy atom. The number of amides is 1. The van der Waals surface area contributed by atoms with Crippen LogP contribution >= 0.6 is 23.1 Å². The summed E-state index contributed by atoms with van der Waals surface area (Å²) >= 11 is 2.41. The summed E-state index contributed by atoms with van der Waals surface area (Å²) in [5, 5.41) is 11.8. The van der Waals surface area contributed by atoms with Crippen LogP contribution in [0.4, 0.5) is 5.13 Å². The van der Waals surface area contributed by atoms with Crippen LogP contribution in [0.3, 0.4) is 0 Å². The Labute approximate surface area is 169 Å². The molecule has 2 aromatic heterocycles. The first kappa shape index (κ1) is 20.0. The van der Waals surface area contributed by atoms with Crippen molar-refractivity contribution in [1.82, 2.24) is 15.2 Å². The standard InChI is InChI=1S/C18H18N4O4S2/c1-4-26-15(23)9-27-18-22-21-17(28-18)20-16(24)13-8-11-7-12(25-3)5-6-14(11)19-10(13)2/h5-8H,4,9H2,1-3H3,(H,20,21,24). The number of benzene rings is 1. The molecule has 0 aliphatic carbocycles. The molecule has 8 nitrogen and oxygen atoms in total. The van der Waals surface area contributed by atoms with E-state index in [4.69, 9.17) is 9.47 Å². The van der Waals surface area contributed by atoms with Gasteiger partial charge in [-0.2, -0.15) is 0 Å². The molecule has 1 amide bonds. The number of hydrogen-bond acceptors (Lipinski definition) is 9. The number of hydrogen-bond donors (Lipinski definition) is 1. The van der Waals surface area contributed by atoms with E-state index in [0.29, 0.717) is 33.1 Å². The van der Waals surface area contributed by atoms with Gasteiger partial charge in [0.25, 0.3) is 5.91 Å². The Morgan fingerprint density at radius 1 is 1.25 bits per heavy atom. The number of esters is 1. The lowest BCUT2D eigenvalue weighted by atomic mass is 10.1. The van der Waals surface area contributed by atoms with Gasteiger partial charge in [-0.25, -0.2) is 0 Å². The van der Waals surface area contributed by atoms with Gasteiger partial charge in [-0.05, 0) is 38.1 Å². The molecule has 0 saturated heterocycles. The van der Waals surface area contributed by atoms with Crippen LogP contribution in [0.2, 0.25) is 0 Å². The third-order valence-electron chi connectivity index (χ3n) is 3.70. The number of nitrogens with one attached hydrogen (secondary N) is 1. The van der Waals surface area contributed by atoms with Crippen molar-refractivity contribution in [3.05, 3.63) is 35.5 Å². The molecule has 0 bridgehead atoms. The van der Waals surface area contributed by atoms with Crippen molar-refractivity contribution in [1.29, 1.82) is 0 Å². The summed E-state index contributed by atoms with van der Waals surface area (Å²) in [6, 6.07) is 7.27. The fourth-order valence-corrected chi connectivity index (χ4v) is 3.96. The van der Waals surface area contributed by atoms with Gasteiger partial charge in [0, 0.05) is 5.39 Å². The average Bonchev–Trinajstić information content (AvgIpc) is 3.13. The first-order valence-corrected chi connectivity index (χ1v) is 10.2. The number of rotatable bonds is 7. The van der Waals surface area contributed by atoms with E-state index in [0.717, 1.165) is 10.9 Å². The predicted molar refractivity (Wildman–Crippen MR) is 108 cm³/mol. The van der Waals surface area contributed by atoms with Gasteiger partial charge >= 0.3 is 5.97 Å². The highest BCUT2D eigenvalue weighted by atomic mass is 32.2. The van der Waals surface area contributed by atoms with Gasteiger partial charge in [0.1, 0.15) is 5.75 Å². The van der Waals surface area contributed by atoms with Gasteiger partial charge in [-0.15, -0.1) is 10.2 Å². The molecule has 146 valence electrons. The maximum absolute atomic E-state index is 12.7. The van der Waals surface area contributed by atoms with Crippen LogP contribution in [-0.2, 0) is 9.53 Å². The number of carbonyl (C=O) groups is 2. The van der Waals surface area contributed by atoms with E-state index in [9.17, 15) is 9.59 Å². The molecule has 28 heavy (non-hydrogen) atoms. The normalized spacial score (nSPS) is 10.7. The second-order valence-electron chi connectivity index (χ2n) is 5.60. The summed E-state index contributed by atoms with van der Waals surface area (Å²) in [4.78, 5) is 28.6. The minimum absolute atomic E-state index is 0.145. The van der Waals surface area contributed by atoms with Crippen molar-refractivity contribution in [2.75, 3.05) is 24.8 Å². The fraction of sp³-hybridized carbons (Fsp3) is 0.278. The Kier molecular flexibility index (Phi) is 6.42. The fourth-order valence-electron chi connectivity index (χ4n) is 2.41. The molecule has 0 atom stereocenters. The van der Waals surface area contributed by atoms with Gasteiger partial charge < -0.3 is 9.47 Å². The number of ether oxygens (including phenoxy) is 2. The van der Waals surface area contributed by atoms with Gasteiger partial charge in [0.05, 0.1) is 36.2 Å². The lowest BCUT2D eigenvalue weighted by Crippen LogP contribution is -2.14. The highest BCUT2D eigenvalue weighted by Crippen LogP contribution is 2.27. The molecule has 3 rings (SSSR count). The van der Waals surface area contributed by atoms with Crippen LogP contribution in [0, 0.1) is 6.92 Å². The minimum Gasteiger partial charge on any atom is -0.497 e. The molecule has 3 aromatic rings. The number of nitrogens with zero attached hydrogens (tertiary/aromatic N) is 3. The van der Waals surface area contributed by atoms with Crippen LogP contribution < -0.4 is 10.1 Å². The van der Waals surface area contributed by atoms with E-state index >= 15 is 0 Å². The molecule has 10 heteroatoms. The topological polar surface area (TPSA) is 103 Å². The molecule has 2 heterocycles. The summed E-state index contributed by atoms with van der Waals surface area (Å²) in [6.45, 7) is 3.86. The maximum Gasteiger partial charge on any atom is 0.316 e.